The summed E-state index contributed by atoms with van der Waals surface area (Å²) in [6.07, 6.45) is 1.25. The van der Waals surface area contributed by atoms with E-state index in [0.29, 0.717) is 5.56 Å². The number of aromatic amines is 1. The number of rotatable bonds is 13. The highest BCUT2D eigenvalue weighted by Crippen LogP contribution is 2.19. The zero-order valence-electron chi connectivity index (χ0n) is 18.2. The predicted octanol–water partition coefficient (Wildman–Crippen LogP) is -2.53. The first-order chi connectivity index (χ1) is 16.1. The van der Waals surface area contributed by atoms with Gasteiger partial charge in [-0.2, -0.15) is 0 Å². The Balaban J connectivity index is 2.25. The molecule has 184 valence electrons. The Labute approximate surface area is 194 Å². The molecule has 3 atom stereocenters. The number of H-pyrrole nitrogens is 1. The van der Waals surface area contributed by atoms with Crippen LogP contribution in [0.4, 0.5) is 0 Å². The van der Waals surface area contributed by atoms with Crippen LogP contribution in [0.5, 0.6) is 0 Å². The normalized spacial score (nSPS) is 13.5. The van der Waals surface area contributed by atoms with Crippen LogP contribution in [0, 0.1) is 0 Å². The second-order valence-corrected chi connectivity index (χ2v) is 7.59. The van der Waals surface area contributed by atoms with E-state index in [-0.39, 0.29) is 19.3 Å². The molecule has 2 rings (SSSR count). The summed E-state index contributed by atoms with van der Waals surface area (Å²) < 4.78 is 0. The van der Waals surface area contributed by atoms with Crippen LogP contribution in [0.25, 0.3) is 10.9 Å². The van der Waals surface area contributed by atoms with Crippen LogP contribution in [0.15, 0.2) is 30.5 Å². The Morgan fingerprint density at radius 2 is 1.68 bits per heavy atom. The number of nitrogens with two attached hydrogens (primary N) is 2. The lowest BCUT2D eigenvalue weighted by Gasteiger charge is -2.23. The largest absolute Gasteiger partial charge is 0.480 e. The van der Waals surface area contributed by atoms with Crippen LogP contribution in [-0.4, -0.2) is 76.1 Å². The molecule has 1 aromatic heterocycles. The monoisotopic (exact) mass is 476 g/mol. The summed E-state index contributed by atoms with van der Waals surface area (Å²) >= 11 is 0. The molecule has 0 saturated carbocycles. The van der Waals surface area contributed by atoms with Crippen molar-refractivity contribution in [2.24, 2.45) is 11.5 Å². The molecule has 0 saturated heterocycles. The van der Waals surface area contributed by atoms with Crippen molar-refractivity contribution in [1.82, 2.24) is 20.9 Å². The Bertz CT molecular complexity index is 1050. The quantitative estimate of drug-likeness (QED) is 0.153. The highest BCUT2D eigenvalue weighted by Gasteiger charge is 2.29. The molecule has 0 aliphatic rings. The smallest absolute Gasteiger partial charge is 0.322 e. The van der Waals surface area contributed by atoms with Gasteiger partial charge >= 0.3 is 5.97 Å². The van der Waals surface area contributed by atoms with Gasteiger partial charge in [0, 0.05) is 29.9 Å². The molecule has 2 aromatic rings. The Hall–Kier alpha value is -3.97. The van der Waals surface area contributed by atoms with Crippen LogP contribution in [0.2, 0.25) is 0 Å². The number of carbonyl (C=O) groups excluding carboxylic acids is 4. The molecule has 10 N–H and O–H groups in total. The maximum atomic E-state index is 13.1. The zero-order chi connectivity index (χ0) is 25.3. The number of fused-ring (bicyclic) bond motifs is 1. The molecule has 13 heteroatoms. The fourth-order valence-corrected chi connectivity index (χ4v) is 3.21. The van der Waals surface area contributed by atoms with E-state index < -0.39 is 60.9 Å². The molecule has 3 unspecified atom stereocenters. The summed E-state index contributed by atoms with van der Waals surface area (Å²) in [6, 6.07) is 3.53. The van der Waals surface area contributed by atoms with Gasteiger partial charge in [0.2, 0.25) is 23.6 Å². The van der Waals surface area contributed by atoms with Crippen molar-refractivity contribution < 1.29 is 34.2 Å². The highest BCUT2D eigenvalue weighted by atomic mass is 16.4. The van der Waals surface area contributed by atoms with Crippen molar-refractivity contribution in [2.75, 3.05) is 13.2 Å². The maximum Gasteiger partial charge on any atom is 0.322 e. The number of aromatic nitrogens is 1. The Morgan fingerprint density at radius 1 is 1.00 bits per heavy atom. The third kappa shape index (κ3) is 7.56. The first-order valence-electron chi connectivity index (χ1n) is 10.4. The van der Waals surface area contributed by atoms with Crippen LogP contribution >= 0.6 is 0 Å². The van der Waals surface area contributed by atoms with Gasteiger partial charge in [-0.1, -0.05) is 18.2 Å². The zero-order valence-corrected chi connectivity index (χ0v) is 18.2. The number of carboxylic acids is 1. The number of benzene rings is 1. The van der Waals surface area contributed by atoms with E-state index in [1.54, 1.807) is 6.20 Å². The first kappa shape index (κ1) is 26.3. The summed E-state index contributed by atoms with van der Waals surface area (Å²) in [5, 5.41) is 25.8. The summed E-state index contributed by atoms with van der Waals surface area (Å²) in [6.45, 7) is -1.34. The number of carboxylic acid groups (broad SMARTS) is 1. The lowest BCUT2D eigenvalue weighted by atomic mass is 10.0. The van der Waals surface area contributed by atoms with Crippen molar-refractivity contribution in [1.29, 1.82) is 0 Å². The van der Waals surface area contributed by atoms with Crippen LogP contribution in [-0.2, 0) is 30.4 Å². The van der Waals surface area contributed by atoms with Gasteiger partial charge in [0.05, 0.1) is 6.61 Å². The third-order valence-corrected chi connectivity index (χ3v) is 4.99. The molecule has 1 heterocycles. The molecule has 34 heavy (non-hydrogen) atoms. The van der Waals surface area contributed by atoms with Crippen LogP contribution < -0.4 is 27.4 Å². The second kappa shape index (κ2) is 12.3. The van der Waals surface area contributed by atoms with Crippen LogP contribution in [0.1, 0.15) is 18.4 Å². The molecule has 0 aliphatic heterocycles. The lowest BCUT2D eigenvalue weighted by molar-refractivity contribution is -0.138. The average Bonchev–Trinajstić information content (AvgIpc) is 3.21. The van der Waals surface area contributed by atoms with Gasteiger partial charge in [0.15, 0.2) is 0 Å². The first-order valence-corrected chi connectivity index (χ1v) is 10.4. The van der Waals surface area contributed by atoms with E-state index in [2.05, 4.69) is 20.9 Å². The molecule has 1 aromatic carbocycles. The number of nitrogens with one attached hydrogen (secondary N) is 4. The lowest BCUT2D eigenvalue weighted by Crippen LogP contribution is -2.57. The van der Waals surface area contributed by atoms with Gasteiger partial charge in [-0.05, 0) is 18.1 Å². The van der Waals surface area contributed by atoms with Crippen molar-refractivity contribution in [2.45, 2.75) is 37.4 Å². The number of aliphatic hydroxyl groups excluding tert-OH is 1. The van der Waals surface area contributed by atoms with Crippen molar-refractivity contribution >= 4 is 40.5 Å². The van der Waals surface area contributed by atoms with Crippen molar-refractivity contribution in [3.63, 3.8) is 0 Å². The van der Waals surface area contributed by atoms with Crippen LogP contribution in [0.3, 0.4) is 0 Å². The highest BCUT2D eigenvalue weighted by molar-refractivity contribution is 5.94. The Morgan fingerprint density at radius 3 is 2.32 bits per heavy atom. The topological polar surface area (TPSA) is 230 Å². The number of hydrogen-bond donors (Lipinski definition) is 8. The van der Waals surface area contributed by atoms with Gasteiger partial charge in [-0.25, -0.2) is 0 Å². The summed E-state index contributed by atoms with van der Waals surface area (Å²) in [5.41, 5.74) is 12.2. The van der Waals surface area contributed by atoms with Gasteiger partial charge < -0.3 is 42.6 Å². The van der Waals surface area contributed by atoms with E-state index in [4.69, 9.17) is 21.7 Å². The van der Waals surface area contributed by atoms with E-state index in [0.717, 1.165) is 10.9 Å². The molecule has 0 bridgehead atoms. The fraction of sp³-hybridized carbons (Fsp3) is 0.381. The van der Waals surface area contributed by atoms with Gasteiger partial charge in [-0.15, -0.1) is 0 Å². The number of primary amides is 1. The molecular weight excluding hydrogens is 448 g/mol. The van der Waals surface area contributed by atoms with Crippen molar-refractivity contribution in [3.8, 4) is 0 Å². The predicted molar refractivity (Wildman–Crippen MR) is 120 cm³/mol. The number of para-hydroxylation sites is 1. The Kier molecular flexibility index (Phi) is 9.52. The number of carbonyl (C=O) groups is 5. The molecule has 0 spiro atoms. The van der Waals surface area contributed by atoms with E-state index >= 15 is 0 Å². The third-order valence-electron chi connectivity index (χ3n) is 4.99. The standard InChI is InChI=1S/C21H28N6O7/c22-13(10-28)19(32)27-16(7-11-8-24-14-4-2-1-3-12(11)14)21(34)26-15(5-6-17(23)29)20(33)25-9-18(30)31/h1-4,8,13,15-16,24,28H,5-7,9-10,22H2,(H2,23,29)(H,25,33)(H,26,34)(H,27,32)(H,30,31). The molecule has 13 nitrogen and oxygen atoms in total. The minimum Gasteiger partial charge on any atom is -0.480 e. The minimum atomic E-state index is -1.30. The van der Waals surface area contributed by atoms with E-state index in [9.17, 15) is 24.0 Å². The summed E-state index contributed by atoms with van der Waals surface area (Å²) in [5.74, 6) is -4.41. The van der Waals surface area contributed by atoms with E-state index in [1.165, 1.54) is 0 Å². The number of aliphatic carboxylic acids is 1. The fourth-order valence-electron chi connectivity index (χ4n) is 3.21. The maximum absolute atomic E-state index is 13.1. The molecule has 4 amide bonds. The minimum absolute atomic E-state index is 0.0129. The SMILES string of the molecule is NC(=O)CCC(NC(=O)C(Cc1c[nH]c2ccccc12)NC(=O)C(N)CO)C(=O)NCC(=O)O. The van der Waals surface area contributed by atoms with Gasteiger partial charge in [0.1, 0.15) is 24.7 Å². The average molecular weight is 476 g/mol. The summed E-state index contributed by atoms with van der Waals surface area (Å²) in [7, 11) is 0. The number of aliphatic hydroxyl groups is 1. The molecular formula is C21H28N6O7. The van der Waals surface area contributed by atoms with Gasteiger partial charge in [-0.3, -0.25) is 24.0 Å². The molecule has 0 aliphatic carbocycles. The van der Waals surface area contributed by atoms with Crippen molar-refractivity contribution in [3.05, 3.63) is 36.0 Å². The second-order valence-electron chi connectivity index (χ2n) is 7.59. The van der Waals surface area contributed by atoms with E-state index in [1.807, 2.05) is 24.3 Å². The number of amides is 4. The van der Waals surface area contributed by atoms with Gasteiger partial charge in [0.25, 0.3) is 0 Å². The molecule has 0 fully saturated rings. The molecule has 0 radical (unpaired) electrons. The summed E-state index contributed by atoms with van der Waals surface area (Å²) in [4.78, 5) is 62.8. The number of hydrogen-bond acceptors (Lipinski definition) is 7.